The summed E-state index contributed by atoms with van der Waals surface area (Å²) in [4.78, 5) is 11.5. The minimum atomic E-state index is -0.956. The smallest absolute Gasteiger partial charge is 0.305 e. The fraction of sp³-hybridized carbons (Fsp3) is 0.969. The number of ether oxygens (including phenoxy) is 1. The second kappa shape index (κ2) is 32.4. The van der Waals surface area contributed by atoms with Crippen LogP contribution in [0, 0.1) is 0 Å². The van der Waals surface area contributed by atoms with Crippen LogP contribution in [-0.2, 0) is 9.53 Å². The summed E-state index contributed by atoms with van der Waals surface area (Å²) in [6.45, 7) is 1.82. The lowest BCUT2D eigenvalue weighted by Crippen LogP contribution is -2.21. The van der Waals surface area contributed by atoms with Crippen molar-refractivity contribution in [2.45, 2.75) is 187 Å². The Morgan fingerprint density at radius 3 is 1.11 bits per heavy atom. The normalized spacial score (nSPS) is 11.9. The van der Waals surface area contributed by atoms with Crippen molar-refractivity contribution in [1.82, 2.24) is 0 Å². The number of esters is 1. The van der Waals surface area contributed by atoms with Crippen molar-refractivity contribution in [2.24, 2.45) is 0 Å². The van der Waals surface area contributed by atoms with E-state index < -0.39 is 6.10 Å². The number of aliphatic hydroxyl groups is 2. The van der Waals surface area contributed by atoms with E-state index in [4.69, 9.17) is 14.9 Å². The first kappa shape index (κ1) is 37.5. The SMILES string of the molecule is C.CCCCCCCCCCCCCCCCCCCCCCCCCCCC(=O)OCC(O)CO. The van der Waals surface area contributed by atoms with Gasteiger partial charge in [-0.1, -0.05) is 168 Å². The van der Waals surface area contributed by atoms with Gasteiger partial charge in [-0.2, -0.15) is 0 Å². The molecule has 4 nitrogen and oxygen atoms in total. The number of unbranched alkanes of at least 4 members (excludes halogenated alkanes) is 24. The predicted octanol–water partition coefficient (Wildman–Crippen LogP) is 9.68. The quantitative estimate of drug-likeness (QED) is 0.0770. The van der Waals surface area contributed by atoms with Crippen molar-refractivity contribution in [3.05, 3.63) is 0 Å². The Labute approximate surface area is 226 Å². The summed E-state index contributed by atoms with van der Waals surface area (Å²) in [6.07, 6.45) is 33.7. The molecule has 1 unspecified atom stereocenters. The van der Waals surface area contributed by atoms with Gasteiger partial charge in [0.25, 0.3) is 0 Å². The van der Waals surface area contributed by atoms with E-state index in [0.29, 0.717) is 6.42 Å². The van der Waals surface area contributed by atoms with Gasteiger partial charge in [0.1, 0.15) is 12.7 Å². The van der Waals surface area contributed by atoms with Gasteiger partial charge in [0.15, 0.2) is 0 Å². The zero-order valence-corrected chi connectivity index (χ0v) is 23.6. The van der Waals surface area contributed by atoms with E-state index in [2.05, 4.69) is 6.92 Å². The van der Waals surface area contributed by atoms with Gasteiger partial charge in [-0.3, -0.25) is 4.79 Å². The van der Waals surface area contributed by atoms with Gasteiger partial charge in [0.05, 0.1) is 6.61 Å². The van der Waals surface area contributed by atoms with Gasteiger partial charge >= 0.3 is 5.97 Å². The van der Waals surface area contributed by atoms with Gasteiger partial charge in [-0.15, -0.1) is 0 Å². The molecule has 218 valence electrons. The molecule has 0 spiro atoms. The highest BCUT2D eigenvalue weighted by atomic mass is 16.5. The van der Waals surface area contributed by atoms with E-state index in [-0.39, 0.29) is 26.6 Å². The maximum atomic E-state index is 11.5. The summed E-state index contributed by atoms with van der Waals surface area (Å²) in [5.74, 6) is -0.272. The predicted molar refractivity (Wildman–Crippen MR) is 156 cm³/mol. The molecule has 0 saturated heterocycles. The Bertz CT molecular complexity index is 413. The summed E-state index contributed by atoms with van der Waals surface area (Å²) in [6, 6.07) is 0. The summed E-state index contributed by atoms with van der Waals surface area (Å²) in [5.41, 5.74) is 0. The van der Waals surface area contributed by atoms with Crippen LogP contribution in [0.5, 0.6) is 0 Å². The Balaban J connectivity index is 0. The molecule has 36 heavy (non-hydrogen) atoms. The molecule has 4 heteroatoms. The molecule has 0 aliphatic carbocycles. The summed E-state index contributed by atoms with van der Waals surface area (Å²) in [7, 11) is 0. The molecule has 0 bridgehead atoms. The van der Waals surface area contributed by atoms with Crippen LogP contribution in [0.3, 0.4) is 0 Å². The Hall–Kier alpha value is -0.610. The average Bonchev–Trinajstić information content (AvgIpc) is 2.87. The van der Waals surface area contributed by atoms with Gasteiger partial charge in [0.2, 0.25) is 0 Å². The van der Waals surface area contributed by atoms with Crippen LogP contribution in [-0.4, -0.2) is 35.5 Å². The van der Waals surface area contributed by atoms with Crippen molar-refractivity contribution in [3.63, 3.8) is 0 Å². The van der Waals surface area contributed by atoms with Crippen LogP contribution in [0.2, 0.25) is 0 Å². The molecule has 2 N–H and O–H groups in total. The van der Waals surface area contributed by atoms with Gasteiger partial charge in [0, 0.05) is 6.42 Å². The van der Waals surface area contributed by atoms with Gasteiger partial charge < -0.3 is 14.9 Å². The van der Waals surface area contributed by atoms with Crippen molar-refractivity contribution >= 4 is 5.97 Å². The zero-order valence-electron chi connectivity index (χ0n) is 23.6. The number of hydrogen-bond acceptors (Lipinski definition) is 4. The number of aliphatic hydroxyl groups excluding tert-OH is 2. The Morgan fingerprint density at radius 1 is 0.556 bits per heavy atom. The fourth-order valence-electron chi connectivity index (χ4n) is 4.72. The van der Waals surface area contributed by atoms with Crippen LogP contribution in [0.15, 0.2) is 0 Å². The van der Waals surface area contributed by atoms with E-state index in [9.17, 15) is 4.79 Å². The molecule has 0 radical (unpaired) electrons. The first-order valence-corrected chi connectivity index (χ1v) is 15.6. The minimum Gasteiger partial charge on any atom is -0.463 e. The number of hydrogen-bond donors (Lipinski definition) is 2. The Kier molecular flexibility index (Phi) is 33.8. The second-order valence-electron chi connectivity index (χ2n) is 10.8. The van der Waals surface area contributed by atoms with E-state index in [0.717, 1.165) is 12.8 Å². The molecule has 0 heterocycles. The fourth-order valence-corrected chi connectivity index (χ4v) is 4.72. The van der Waals surface area contributed by atoms with Crippen LogP contribution in [0.4, 0.5) is 0 Å². The number of carbonyl (C=O) groups excluding carboxylic acids is 1. The zero-order chi connectivity index (χ0) is 25.7. The third kappa shape index (κ3) is 31.4. The number of carbonyl (C=O) groups is 1. The van der Waals surface area contributed by atoms with Crippen LogP contribution < -0.4 is 0 Å². The monoisotopic (exact) mass is 514 g/mol. The van der Waals surface area contributed by atoms with E-state index in [1.807, 2.05) is 0 Å². The lowest BCUT2D eigenvalue weighted by atomic mass is 10.0. The minimum absolute atomic E-state index is 0. The lowest BCUT2D eigenvalue weighted by molar-refractivity contribution is -0.147. The molecule has 0 aliphatic heterocycles. The van der Waals surface area contributed by atoms with Gasteiger partial charge in [-0.05, 0) is 6.42 Å². The summed E-state index contributed by atoms with van der Waals surface area (Å²) < 4.78 is 4.90. The second-order valence-corrected chi connectivity index (χ2v) is 10.8. The van der Waals surface area contributed by atoms with Crippen LogP contribution >= 0.6 is 0 Å². The molecule has 0 aromatic carbocycles. The van der Waals surface area contributed by atoms with Crippen LogP contribution in [0.25, 0.3) is 0 Å². The maximum Gasteiger partial charge on any atom is 0.305 e. The summed E-state index contributed by atoms with van der Waals surface area (Å²) >= 11 is 0. The molecular weight excluding hydrogens is 448 g/mol. The van der Waals surface area contributed by atoms with E-state index in [1.165, 1.54) is 148 Å². The molecule has 0 amide bonds. The first-order valence-electron chi connectivity index (χ1n) is 15.6. The topological polar surface area (TPSA) is 66.8 Å². The molecule has 0 aliphatic rings. The third-order valence-corrected chi connectivity index (χ3v) is 7.13. The van der Waals surface area contributed by atoms with Crippen molar-refractivity contribution in [1.29, 1.82) is 0 Å². The maximum absolute atomic E-state index is 11.5. The average molecular weight is 515 g/mol. The van der Waals surface area contributed by atoms with Gasteiger partial charge in [-0.25, -0.2) is 0 Å². The molecule has 0 aromatic rings. The largest absolute Gasteiger partial charge is 0.463 e. The third-order valence-electron chi connectivity index (χ3n) is 7.13. The van der Waals surface area contributed by atoms with Crippen molar-refractivity contribution < 1.29 is 19.7 Å². The van der Waals surface area contributed by atoms with Crippen LogP contribution in [0.1, 0.15) is 181 Å². The van der Waals surface area contributed by atoms with E-state index in [1.54, 1.807) is 0 Å². The molecule has 0 saturated carbocycles. The molecule has 1 atom stereocenters. The molecule has 0 fully saturated rings. The highest BCUT2D eigenvalue weighted by Crippen LogP contribution is 2.16. The molecule has 0 rings (SSSR count). The highest BCUT2D eigenvalue weighted by Gasteiger charge is 2.07. The summed E-state index contributed by atoms with van der Waals surface area (Å²) in [5, 5.41) is 17.8. The lowest BCUT2D eigenvalue weighted by Gasteiger charge is -2.08. The standard InChI is InChI=1S/C31H62O4.CH4/c1-2-3-4-5-6-7-8-9-10-11-12-13-14-15-16-17-18-19-20-21-22-23-24-25-26-27-31(34)35-29-30(33)28-32;/h30,32-33H,2-29H2,1H3;1H4. The molecular formula is C32H66O4. The van der Waals surface area contributed by atoms with Crippen molar-refractivity contribution in [3.8, 4) is 0 Å². The van der Waals surface area contributed by atoms with E-state index >= 15 is 0 Å². The van der Waals surface area contributed by atoms with Crippen molar-refractivity contribution in [2.75, 3.05) is 13.2 Å². The number of rotatable bonds is 29. The molecule has 0 aromatic heterocycles. The Morgan fingerprint density at radius 2 is 0.833 bits per heavy atom. The first-order chi connectivity index (χ1) is 17.2. The highest BCUT2D eigenvalue weighted by molar-refractivity contribution is 5.69.